The number of hydrogen-bond donors (Lipinski definition) is 2. The second-order valence-corrected chi connectivity index (χ2v) is 4.63. The van der Waals surface area contributed by atoms with Gasteiger partial charge in [0.1, 0.15) is 0 Å². The fourth-order valence-corrected chi connectivity index (χ4v) is 1.53. The maximum absolute atomic E-state index is 11.5. The third-order valence-corrected chi connectivity index (χ3v) is 2.89. The summed E-state index contributed by atoms with van der Waals surface area (Å²) in [6.45, 7) is 6.78. The van der Waals surface area contributed by atoms with Crippen molar-refractivity contribution < 1.29 is 4.79 Å². The van der Waals surface area contributed by atoms with Crippen LogP contribution in [-0.2, 0) is 11.3 Å². The van der Waals surface area contributed by atoms with Gasteiger partial charge >= 0.3 is 0 Å². The second-order valence-electron chi connectivity index (χ2n) is 4.63. The number of halogens is 1. The Morgan fingerprint density at radius 2 is 1.83 bits per heavy atom. The molecule has 0 heterocycles. The van der Waals surface area contributed by atoms with E-state index in [-0.39, 0.29) is 18.3 Å². The third-order valence-electron chi connectivity index (χ3n) is 2.89. The summed E-state index contributed by atoms with van der Waals surface area (Å²) in [5, 5.41) is 2.83. The average molecular weight is 271 g/mol. The van der Waals surface area contributed by atoms with Crippen LogP contribution in [0.15, 0.2) is 24.3 Å². The van der Waals surface area contributed by atoms with Crippen molar-refractivity contribution in [3.8, 4) is 0 Å². The highest BCUT2D eigenvalue weighted by atomic mass is 35.5. The molecule has 1 aromatic carbocycles. The highest BCUT2D eigenvalue weighted by Crippen LogP contribution is 2.14. The molecule has 0 spiro atoms. The molecule has 0 bridgehead atoms. The van der Waals surface area contributed by atoms with Gasteiger partial charge in [0, 0.05) is 6.54 Å². The van der Waals surface area contributed by atoms with E-state index in [2.05, 4.69) is 31.3 Å². The van der Waals surface area contributed by atoms with E-state index in [4.69, 9.17) is 5.73 Å². The van der Waals surface area contributed by atoms with E-state index in [9.17, 15) is 4.79 Å². The molecule has 4 heteroatoms. The number of nitrogens with one attached hydrogen (secondary N) is 1. The van der Waals surface area contributed by atoms with Crippen molar-refractivity contribution >= 4 is 18.3 Å². The molecule has 0 aliphatic rings. The minimum Gasteiger partial charge on any atom is -0.351 e. The third kappa shape index (κ3) is 5.07. The van der Waals surface area contributed by atoms with Gasteiger partial charge in [0.25, 0.3) is 0 Å². The number of carbonyl (C=O) groups is 1. The Morgan fingerprint density at radius 1 is 1.28 bits per heavy atom. The van der Waals surface area contributed by atoms with Gasteiger partial charge in [-0.2, -0.15) is 0 Å². The van der Waals surface area contributed by atoms with Crippen molar-refractivity contribution in [3.63, 3.8) is 0 Å². The molecule has 0 saturated carbocycles. The van der Waals surface area contributed by atoms with Crippen LogP contribution >= 0.6 is 12.4 Å². The summed E-state index contributed by atoms with van der Waals surface area (Å²) >= 11 is 0. The number of nitrogens with two attached hydrogens (primary N) is 1. The van der Waals surface area contributed by atoms with Gasteiger partial charge in [-0.05, 0) is 23.5 Å². The molecule has 102 valence electrons. The zero-order chi connectivity index (χ0) is 12.8. The molecule has 0 saturated heterocycles. The van der Waals surface area contributed by atoms with Crippen LogP contribution in [0.5, 0.6) is 0 Å². The summed E-state index contributed by atoms with van der Waals surface area (Å²) in [6, 6.07) is 7.91. The number of rotatable bonds is 5. The Labute approximate surface area is 116 Å². The quantitative estimate of drug-likeness (QED) is 0.864. The molecule has 0 aliphatic carbocycles. The molecule has 0 fully saturated rings. The summed E-state index contributed by atoms with van der Waals surface area (Å²) in [6.07, 6.45) is 0.665. The van der Waals surface area contributed by atoms with E-state index >= 15 is 0 Å². The molecule has 3 nitrogen and oxygen atoms in total. The minimum absolute atomic E-state index is 0. The Bertz CT molecular complexity index is 363. The average Bonchev–Trinajstić information content (AvgIpc) is 2.35. The van der Waals surface area contributed by atoms with Crippen LogP contribution in [0.2, 0.25) is 0 Å². The number of hydrogen-bond acceptors (Lipinski definition) is 2. The lowest BCUT2D eigenvalue weighted by atomic mass is 10.0. The number of amides is 1. The smallest absolute Gasteiger partial charge is 0.237 e. The highest BCUT2D eigenvalue weighted by molar-refractivity contribution is 5.85. The summed E-state index contributed by atoms with van der Waals surface area (Å²) in [4.78, 5) is 11.5. The van der Waals surface area contributed by atoms with Crippen molar-refractivity contribution in [2.75, 3.05) is 0 Å². The fourth-order valence-electron chi connectivity index (χ4n) is 1.53. The molecule has 1 rings (SSSR count). The van der Waals surface area contributed by atoms with Gasteiger partial charge in [0.2, 0.25) is 5.91 Å². The lowest BCUT2D eigenvalue weighted by Crippen LogP contribution is -2.39. The number of carbonyl (C=O) groups excluding carboxylic acids is 1. The molecular formula is C14H23ClN2O. The van der Waals surface area contributed by atoms with Gasteiger partial charge in [-0.1, -0.05) is 45.0 Å². The van der Waals surface area contributed by atoms with Crippen LogP contribution in [0.3, 0.4) is 0 Å². The van der Waals surface area contributed by atoms with Crippen molar-refractivity contribution in [3.05, 3.63) is 35.4 Å². The van der Waals surface area contributed by atoms with Crippen LogP contribution in [0.1, 0.15) is 44.2 Å². The maximum Gasteiger partial charge on any atom is 0.237 e. The first-order chi connectivity index (χ1) is 8.04. The molecular weight excluding hydrogens is 248 g/mol. The van der Waals surface area contributed by atoms with Crippen LogP contribution in [0, 0.1) is 0 Å². The first kappa shape index (κ1) is 16.9. The second kappa shape index (κ2) is 8.11. The summed E-state index contributed by atoms with van der Waals surface area (Å²) < 4.78 is 0. The summed E-state index contributed by atoms with van der Waals surface area (Å²) in [5.41, 5.74) is 8.05. The van der Waals surface area contributed by atoms with Crippen molar-refractivity contribution in [1.29, 1.82) is 0 Å². The van der Waals surface area contributed by atoms with Gasteiger partial charge in [0.05, 0.1) is 6.04 Å². The molecule has 18 heavy (non-hydrogen) atoms. The summed E-state index contributed by atoms with van der Waals surface area (Å²) in [5.74, 6) is 0.451. The SMILES string of the molecule is CC[C@H](N)C(=O)NCc1ccc(C(C)C)cc1.Cl. The van der Waals surface area contributed by atoms with Gasteiger partial charge in [-0.3, -0.25) is 4.79 Å². The Balaban J connectivity index is 0.00000289. The largest absolute Gasteiger partial charge is 0.351 e. The lowest BCUT2D eigenvalue weighted by Gasteiger charge is -2.11. The van der Waals surface area contributed by atoms with E-state index in [0.29, 0.717) is 18.9 Å². The van der Waals surface area contributed by atoms with Gasteiger partial charge in [-0.25, -0.2) is 0 Å². The van der Waals surface area contributed by atoms with Gasteiger partial charge in [-0.15, -0.1) is 12.4 Å². The zero-order valence-corrected chi connectivity index (χ0v) is 12.1. The molecule has 3 N–H and O–H groups in total. The van der Waals surface area contributed by atoms with Crippen LogP contribution in [-0.4, -0.2) is 11.9 Å². The van der Waals surface area contributed by atoms with Crippen molar-refractivity contribution in [2.24, 2.45) is 5.73 Å². The van der Waals surface area contributed by atoms with E-state index in [1.807, 2.05) is 19.1 Å². The fraction of sp³-hybridized carbons (Fsp3) is 0.500. The van der Waals surface area contributed by atoms with Crippen LogP contribution in [0.25, 0.3) is 0 Å². The van der Waals surface area contributed by atoms with E-state index < -0.39 is 6.04 Å². The van der Waals surface area contributed by atoms with Crippen molar-refractivity contribution in [1.82, 2.24) is 5.32 Å². The molecule has 0 radical (unpaired) electrons. The summed E-state index contributed by atoms with van der Waals surface area (Å²) in [7, 11) is 0. The van der Waals surface area contributed by atoms with E-state index in [0.717, 1.165) is 5.56 Å². The van der Waals surface area contributed by atoms with Crippen LogP contribution < -0.4 is 11.1 Å². The molecule has 0 aromatic heterocycles. The van der Waals surface area contributed by atoms with Crippen LogP contribution in [0.4, 0.5) is 0 Å². The van der Waals surface area contributed by atoms with Gasteiger partial charge < -0.3 is 11.1 Å². The Morgan fingerprint density at radius 3 is 2.28 bits per heavy atom. The van der Waals surface area contributed by atoms with E-state index in [1.54, 1.807) is 0 Å². The Hall–Kier alpha value is -1.06. The monoisotopic (exact) mass is 270 g/mol. The predicted octanol–water partition coefficient (Wildman–Crippen LogP) is 2.59. The van der Waals surface area contributed by atoms with Gasteiger partial charge in [0.15, 0.2) is 0 Å². The zero-order valence-electron chi connectivity index (χ0n) is 11.3. The predicted molar refractivity (Wildman–Crippen MR) is 77.9 cm³/mol. The Kier molecular flexibility index (Phi) is 7.64. The van der Waals surface area contributed by atoms with E-state index in [1.165, 1.54) is 5.56 Å². The standard InChI is InChI=1S/C14H22N2O.ClH/c1-4-13(15)14(17)16-9-11-5-7-12(8-6-11)10(2)3;/h5-8,10,13H,4,9,15H2,1-3H3,(H,16,17);1H/t13-;/m0./s1. The maximum atomic E-state index is 11.5. The molecule has 1 aromatic rings. The first-order valence-corrected chi connectivity index (χ1v) is 6.16. The normalized spacial score (nSPS) is 11.8. The highest BCUT2D eigenvalue weighted by Gasteiger charge is 2.09. The molecule has 0 unspecified atom stereocenters. The molecule has 0 aliphatic heterocycles. The number of benzene rings is 1. The lowest BCUT2D eigenvalue weighted by molar-refractivity contribution is -0.122. The van der Waals surface area contributed by atoms with Crippen molar-refractivity contribution in [2.45, 2.75) is 45.7 Å². The molecule has 1 amide bonds. The minimum atomic E-state index is -0.398. The topological polar surface area (TPSA) is 55.1 Å². The first-order valence-electron chi connectivity index (χ1n) is 6.16. The molecule has 1 atom stereocenters.